The molecule has 8 fully saturated rings. The van der Waals surface area contributed by atoms with Crippen LogP contribution in [0.15, 0.2) is 0 Å². The summed E-state index contributed by atoms with van der Waals surface area (Å²) in [6, 6.07) is -0.522. The number of thiol groups is 2. The van der Waals surface area contributed by atoms with E-state index in [1.807, 2.05) is 0 Å². The number of nitrogens with zero attached hydrogens (tertiary/aromatic N) is 10. The third kappa shape index (κ3) is 70.1. The molecule has 0 aromatic carbocycles. The van der Waals surface area contributed by atoms with E-state index in [1.54, 1.807) is 117 Å². The van der Waals surface area contributed by atoms with Crippen LogP contribution in [0.25, 0.3) is 0 Å². The molecule has 8 saturated heterocycles. The van der Waals surface area contributed by atoms with Crippen LogP contribution in [0, 0.1) is 0 Å². The van der Waals surface area contributed by atoms with Gasteiger partial charge in [0.25, 0.3) is 44.6 Å². The molecule has 8 heterocycles. The van der Waals surface area contributed by atoms with Crippen LogP contribution >= 0.6 is 237 Å². The van der Waals surface area contributed by atoms with Crippen molar-refractivity contribution in [2.24, 2.45) is 0 Å². The fourth-order valence-corrected chi connectivity index (χ4v) is 17.6. The third-order valence-corrected chi connectivity index (χ3v) is 24.5. The molecule has 0 saturated carbocycles. The molecule has 8 rings (SSSR count). The van der Waals surface area contributed by atoms with Crippen LogP contribution < -0.4 is 62.0 Å². The number of carbonyl (C=O) groups is 14. The zero-order valence-corrected chi connectivity index (χ0v) is 102. The number of fused-ring (bicyclic) bond motifs is 3. The molecule has 37 nitrogen and oxygen atoms in total. The topological polar surface area (TPSA) is 397 Å². The quantitative estimate of drug-likeness (QED) is 0.00661. The Morgan fingerprint density at radius 3 is 0.926 bits per heavy atom. The van der Waals surface area contributed by atoms with E-state index in [9.17, 15) is 67.1 Å². The van der Waals surface area contributed by atoms with E-state index in [1.165, 1.54) is 59.9 Å². The van der Waals surface area contributed by atoms with Gasteiger partial charge in [0.15, 0.2) is 46.2 Å². The fraction of sp³-hybridized carbons (Fsp3) is 0.821. The number of halogens is 13. The number of hydrogen-bond acceptors (Lipinski definition) is 31. The summed E-state index contributed by atoms with van der Waals surface area (Å²) in [6.45, 7) is 18.9. The zero-order chi connectivity index (χ0) is 103. The SMILES string of the molecule is C.CC(=O)[S-].COCCCBr.COCCCN1C(=O)C(Br)N(CCCOC)C(=O)C1Br.COCCCN1C(=O)C(S)N(CCCOC)C(=O)C1S.COCCCN1C(=O)C(SC(C)=O)N(CCCOC)C(=O)C1C.COCCCN1C(=O)C2SSC1C(=O)N2CCCOC.COCCCN1CC(=O)N(CCCOC)CC1=O.Cl.ClC(Cl)(Cl)Cl.ClC(Cl)Cl.II.O=C1CNC(=O)CN1.[2H]CC.[K+]. The summed E-state index contributed by atoms with van der Waals surface area (Å²) in [5.74, 6) is -1.04. The number of thioether (sulfide) groups is 1. The summed E-state index contributed by atoms with van der Waals surface area (Å²) >= 11 is 61.3. The normalized spacial score (nSPS) is 19.4. The summed E-state index contributed by atoms with van der Waals surface area (Å²) in [4.78, 5) is 179. The minimum absolute atomic E-state index is 0. The molecule has 0 radical (unpaired) electrons. The Hall–Kier alpha value is 1.37. The van der Waals surface area contributed by atoms with Crippen molar-refractivity contribution in [3.8, 4) is 0 Å². The first-order valence-corrected chi connectivity index (χ1v) is 57.5. The molecule has 12 amide bonds. The number of alkyl halides is 10. The predicted octanol–water partition coefficient (Wildman–Crippen LogP) is 7.78. The van der Waals surface area contributed by atoms with Gasteiger partial charge in [0.1, 0.15) is 6.04 Å². The van der Waals surface area contributed by atoms with Crippen LogP contribution in [0.3, 0.4) is 0 Å². The molecule has 0 aromatic heterocycles. The number of nitrogens with one attached hydrogen (secondary N) is 2. The van der Waals surface area contributed by atoms with Crippen LogP contribution in [0.5, 0.6) is 0 Å². The van der Waals surface area contributed by atoms with Crippen molar-refractivity contribution in [3.63, 3.8) is 0 Å². The van der Waals surface area contributed by atoms with Gasteiger partial charge in [-0.1, -0.05) is 184 Å². The fourth-order valence-electron chi connectivity index (χ4n) is 11.4. The molecular weight excluding hydrogens is 2510 g/mol. The first-order valence-electron chi connectivity index (χ1n) is 41.6. The van der Waals surface area contributed by atoms with Gasteiger partial charge in [0.05, 0.1) is 26.2 Å². The monoisotopic (exact) mass is 2650 g/mol. The van der Waals surface area contributed by atoms with Gasteiger partial charge in [-0.2, -0.15) is 0 Å². The van der Waals surface area contributed by atoms with Crippen molar-refractivity contribution in [1.82, 2.24) is 59.6 Å². The van der Waals surface area contributed by atoms with Crippen LogP contribution in [0.2, 0.25) is 0 Å². The maximum absolute atomic E-state index is 12.7. The smallest absolute Gasteiger partial charge is 0.742 e. The molecule has 0 aromatic rings. The van der Waals surface area contributed by atoms with E-state index in [2.05, 4.69) is 134 Å². The average molecular weight is 2660 g/mol. The Bertz CT molecular complexity index is 3000. The zero-order valence-electron chi connectivity index (χ0n) is 79.7. The summed E-state index contributed by atoms with van der Waals surface area (Å²) < 4.78 is 58.3. The average Bonchev–Trinajstić information content (AvgIpc) is 0.749. The van der Waals surface area contributed by atoms with Gasteiger partial charge in [-0.15, -0.1) is 37.7 Å². The summed E-state index contributed by atoms with van der Waals surface area (Å²) in [7, 11) is 20.8. The number of methoxy groups -OCH3 is 11. The van der Waals surface area contributed by atoms with E-state index >= 15 is 0 Å². The maximum atomic E-state index is 12.7. The summed E-state index contributed by atoms with van der Waals surface area (Å²) in [6.07, 6.45) is 8.15. The third-order valence-electron chi connectivity index (χ3n) is 17.3. The van der Waals surface area contributed by atoms with Crippen molar-refractivity contribution in [2.75, 3.05) is 248 Å². The predicted molar refractivity (Wildman–Crippen MR) is 572 cm³/mol. The summed E-state index contributed by atoms with van der Waals surface area (Å²) in [5, 5.41) is 2.35. The molecule has 8 unspecified atom stereocenters. The Labute approximate surface area is 961 Å². The molecule has 57 heteroatoms. The number of hydrogen-bond donors (Lipinski definition) is 4. The Morgan fingerprint density at radius 1 is 0.459 bits per heavy atom. The number of amides is 12. The van der Waals surface area contributed by atoms with E-state index in [0.717, 1.165) is 55.8 Å². The van der Waals surface area contributed by atoms with E-state index < -0.39 is 39.6 Å². The first kappa shape index (κ1) is 149. The van der Waals surface area contributed by atoms with Gasteiger partial charge in [-0.05, 0) is 84.5 Å². The van der Waals surface area contributed by atoms with Gasteiger partial charge in [-0.3, -0.25) is 62.3 Å². The number of rotatable bonds is 44. The largest absolute Gasteiger partial charge is 1.00 e. The van der Waals surface area contributed by atoms with Crippen LogP contribution in [-0.4, -0.2) is 428 Å². The molecule has 2 N–H and O–H groups in total. The van der Waals surface area contributed by atoms with Gasteiger partial charge >= 0.3 is 51.4 Å². The van der Waals surface area contributed by atoms with Crippen molar-refractivity contribution in [3.05, 3.63) is 0 Å². The van der Waals surface area contributed by atoms with Crippen molar-refractivity contribution in [2.45, 2.75) is 163 Å². The molecule has 8 atom stereocenters. The maximum Gasteiger partial charge on any atom is 1.00 e. The van der Waals surface area contributed by atoms with Crippen LogP contribution in [0.4, 0.5) is 0 Å². The Balaban J connectivity index is -0.000000231. The van der Waals surface area contributed by atoms with Crippen LogP contribution in [-0.2, 0) is 132 Å². The molecule has 8 aliphatic heterocycles. The van der Waals surface area contributed by atoms with E-state index in [-0.39, 0.29) is 189 Å². The molecule has 135 heavy (non-hydrogen) atoms. The van der Waals surface area contributed by atoms with Gasteiger partial charge in [0, 0.05) is 272 Å². The summed E-state index contributed by atoms with van der Waals surface area (Å²) in [5.41, 5.74) is 0. The second-order valence-corrected chi connectivity index (χ2v) is 40.2. The second-order valence-electron chi connectivity index (χ2n) is 27.1. The molecule has 0 spiro atoms. The Morgan fingerprint density at radius 2 is 0.689 bits per heavy atom. The first-order chi connectivity index (χ1) is 63.0. The van der Waals surface area contributed by atoms with Crippen LogP contribution in [0.1, 0.15) is 114 Å². The van der Waals surface area contributed by atoms with E-state index in [0.29, 0.717) is 177 Å². The molecule has 790 valence electrons. The molecule has 8 aliphatic rings. The molecular formula is C78H140Br3Cl8I2KN12O25S6. The van der Waals surface area contributed by atoms with Gasteiger partial charge < -0.3 is 129 Å². The molecule has 2 bridgehead atoms. The van der Waals surface area contributed by atoms with Crippen molar-refractivity contribution >= 4 is 331 Å². The molecule has 0 aliphatic carbocycles. The Kier molecular flexibility index (Phi) is 106. The van der Waals surface area contributed by atoms with E-state index in [4.69, 9.17) is 135 Å². The van der Waals surface area contributed by atoms with Gasteiger partial charge in [-0.25, -0.2) is 0 Å². The number of ether oxygens (including phenoxy) is 11. The van der Waals surface area contributed by atoms with Crippen molar-refractivity contribution < 1.29 is 172 Å². The minimum Gasteiger partial charge on any atom is -0.742 e. The minimum atomic E-state index is -1.61. The second kappa shape index (κ2) is 96.2. The van der Waals surface area contributed by atoms with Crippen molar-refractivity contribution in [1.29, 1.82) is 0 Å². The number of carbonyl (C=O) groups excluding carboxylic acids is 14. The van der Waals surface area contributed by atoms with Gasteiger partial charge in [0.2, 0.25) is 29.5 Å². The number of piperazine rings is 6. The standard InChI is InChI=1S/C15H26N2O5S.C12H20Br2N2O4.C12H20N2O4S2.C12H22N2O4S2.C12H22N2O4.C4H9BrO.C4H6N2O2.C2H4OS.C2H6.CCl4.CHCl3.CH4.ClH.I2.K/c1-11-13(19)17(8-6-10-22-4)15(23-12(2)18)14(20)16(11)7-5-9-21-3;1-19-7-3-5-15-9(13)12(18)16(6-4-8-20-2)10(14)11(15)17;1-17-7-3-5-13-9(15)12-14(6-4-8-18-2)10(16)11(13)19-20-12;1-17-7-3-5-13-9(15)12(20)14(6-4-8-18-2)10(16)11(13)19;1-17-7-3-5-13-9-12(16)14(10-11(13)15)6-4-8-18-2;1-6-4-2-3-5;7-3-1-5-4(8)2-6-3;1-2(3)4;1-2;2-1(3,4)5;2-1(3)4;;;1-2;/h11,15H,5-10H2,1-4H3;9-10H,3-8H2,1-2H3;11-12H,3-8H2,1-2H3;11-12,19-20H,3-8H2,1-2H3;3-10H2,1-2H3;2-4H2,1H3;1-2H2,(H,5,8)(H,6,7);1H3,(H,3,4);1-2H3;;1H;1H4;1H;;/q;;;;;;;;;;;;;;+1/p-1/i;;;;;;;;1D;;;;;;.